The number of amides is 2. The zero-order valence-corrected chi connectivity index (χ0v) is 9.43. The van der Waals surface area contributed by atoms with Crippen molar-refractivity contribution in [2.45, 2.75) is 18.4 Å². The van der Waals surface area contributed by atoms with E-state index in [9.17, 15) is 9.59 Å². The molecule has 2 heterocycles. The van der Waals surface area contributed by atoms with Crippen molar-refractivity contribution >= 4 is 11.8 Å². The molecule has 1 N–H and O–H groups in total. The quantitative estimate of drug-likeness (QED) is 0.753. The van der Waals surface area contributed by atoms with Crippen LogP contribution in [0.2, 0.25) is 0 Å². The molecular weight excluding hydrogens is 216 g/mol. The summed E-state index contributed by atoms with van der Waals surface area (Å²) in [4.78, 5) is 25.6. The number of carbonyl (C=O) groups excluding carboxylic acids is 2. The lowest BCUT2D eigenvalue weighted by Crippen LogP contribution is -2.58. The normalized spacial score (nSPS) is 25.2. The Hall–Kier alpha value is -1.68. The summed E-state index contributed by atoms with van der Waals surface area (Å²) < 4.78 is 0. The molecule has 2 amide bonds. The summed E-state index contributed by atoms with van der Waals surface area (Å²) >= 11 is 0. The van der Waals surface area contributed by atoms with E-state index in [4.69, 9.17) is 0 Å². The number of likely N-dealkylation sites (tertiary alicyclic amines) is 1. The van der Waals surface area contributed by atoms with Gasteiger partial charge in [0.2, 0.25) is 11.8 Å². The van der Waals surface area contributed by atoms with Crippen LogP contribution < -0.4 is 5.32 Å². The fraction of sp³-hybridized carbons (Fsp3) is 0.385. The molecule has 4 heteroatoms. The van der Waals surface area contributed by atoms with E-state index in [0.717, 1.165) is 18.7 Å². The minimum absolute atomic E-state index is 0.0321. The molecule has 17 heavy (non-hydrogen) atoms. The first-order chi connectivity index (χ1) is 8.27. The largest absolute Gasteiger partial charge is 0.313 e. The van der Waals surface area contributed by atoms with Gasteiger partial charge in [-0.15, -0.1) is 0 Å². The maximum atomic E-state index is 12.2. The number of nitrogens with one attached hydrogen (secondary N) is 1. The number of carbonyl (C=O) groups is 2. The standard InChI is InChI=1S/C13H14N2O2/c16-12-6-11(9-4-2-1-3-5-9)13(17)15(12)10-7-14-8-10/h1-5,10-11,14H,6-8H2. The summed E-state index contributed by atoms with van der Waals surface area (Å²) in [5.41, 5.74) is 0.945. The van der Waals surface area contributed by atoms with Gasteiger partial charge in [0.15, 0.2) is 0 Å². The summed E-state index contributed by atoms with van der Waals surface area (Å²) in [6.07, 6.45) is 0.319. The maximum absolute atomic E-state index is 12.2. The molecule has 4 nitrogen and oxygen atoms in total. The number of imide groups is 1. The van der Waals surface area contributed by atoms with Gasteiger partial charge in [-0.1, -0.05) is 30.3 Å². The van der Waals surface area contributed by atoms with Crippen molar-refractivity contribution in [3.05, 3.63) is 35.9 Å². The first kappa shape index (κ1) is 10.5. The van der Waals surface area contributed by atoms with Crippen molar-refractivity contribution in [3.8, 4) is 0 Å². The third-order valence-electron chi connectivity index (χ3n) is 3.51. The van der Waals surface area contributed by atoms with Crippen molar-refractivity contribution in [1.82, 2.24) is 10.2 Å². The predicted octanol–water partition coefficient (Wildman–Crippen LogP) is 0.501. The smallest absolute Gasteiger partial charge is 0.237 e. The molecule has 1 aromatic rings. The van der Waals surface area contributed by atoms with Crippen molar-refractivity contribution in [2.24, 2.45) is 0 Å². The number of hydrogen-bond donors (Lipinski definition) is 1. The Kier molecular flexibility index (Phi) is 2.44. The van der Waals surface area contributed by atoms with Gasteiger partial charge in [0.05, 0.1) is 12.0 Å². The topological polar surface area (TPSA) is 49.4 Å². The third-order valence-corrected chi connectivity index (χ3v) is 3.51. The van der Waals surface area contributed by atoms with Gasteiger partial charge < -0.3 is 5.32 Å². The monoisotopic (exact) mass is 230 g/mol. The van der Waals surface area contributed by atoms with Crippen LogP contribution in [0, 0.1) is 0 Å². The number of nitrogens with zero attached hydrogens (tertiary/aromatic N) is 1. The minimum atomic E-state index is -0.274. The van der Waals surface area contributed by atoms with Gasteiger partial charge in [0.25, 0.3) is 0 Å². The Balaban J connectivity index is 1.85. The number of rotatable bonds is 2. The van der Waals surface area contributed by atoms with Crippen LogP contribution in [0.1, 0.15) is 17.9 Å². The Morgan fingerprint density at radius 1 is 1.12 bits per heavy atom. The maximum Gasteiger partial charge on any atom is 0.237 e. The average Bonchev–Trinajstić information content (AvgIpc) is 2.56. The molecular formula is C13H14N2O2. The van der Waals surface area contributed by atoms with Crippen LogP contribution in [0.15, 0.2) is 30.3 Å². The first-order valence-electron chi connectivity index (χ1n) is 5.89. The second-order valence-electron chi connectivity index (χ2n) is 4.58. The molecule has 0 aliphatic carbocycles. The van der Waals surface area contributed by atoms with Gasteiger partial charge in [-0.3, -0.25) is 14.5 Å². The molecule has 2 saturated heterocycles. The van der Waals surface area contributed by atoms with Crippen molar-refractivity contribution in [2.75, 3.05) is 13.1 Å². The molecule has 1 unspecified atom stereocenters. The summed E-state index contributed by atoms with van der Waals surface area (Å²) in [5, 5.41) is 3.09. The lowest BCUT2D eigenvalue weighted by Gasteiger charge is -2.34. The van der Waals surface area contributed by atoms with Gasteiger partial charge in [-0.25, -0.2) is 0 Å². The Labute approximate surface area is 99.6 Å². The van der Waals surface area contributed by atoms with E-state index < -0.39 is 0 Å². The average molecular weight is 230 g/mol. The van der Waals surface area contributed by atoms with Crippen LogP contribution in [-0.4, -0.2) is 35.8 Å². The van der Waals surface area contributed by atoms with E-state index in [1.165, 1.54) is 4.90 Å². The van der Waals surface area contributed by atoms with Crippen LogP contribution in [0.25, 0.3) is 0 Å². The molecule has 3 rings (SSSR count). The highest BCUT2D eigenvalue weighted by Crippen LogP contribution is 2.31. The van der Waals surface area contributed by atoms with E-state index in [0.29, 0.717) is 6.42 Å². The molecule has 2 aliphatic rings. The van der Waals surface area contributed by atoms with Gasteiger partial charge in [-0.05, 0) is 5.56 Å². The second kappa shape index (κ2) is 3.96. The molecule has 1 aromatic carbocycles. The third kappa shape index (κ3) is 1.65. The van der Waals surface area contributed by atoms with E-state index in [2.05, 4.69) is 5.32 Å². The lowest BCUT2D eigenvalue weighted by atomic mass is 9.98. The molecule has 0 spiro atoms. The molecule has 2 fully saturated rings. The first-order valence-corrected chi connectivity index (χ1v) is 5.89. The molecule has 2 aliphatic heterocycles. The van der Waals surface area contributed by atoms with Crippen molar-refractivity contribution in [3.63, 3.8) is 0 Å². The highest BCUT2D eigenvalue weighted by atomic mass is 16.2. The summed E-state index contributed by atoms with van der Waals surface area (Å²) in [6, 6.07) is 9.62. The van der Waals surface area contributed by atoms with Crippen LogP contribution >= 0.6 is 0 Å². The van der Waals surface area contributed by atoms with Gasteiger partial charge in [0.1, 0.15) is 0 Å². The Bertz CT molecular complexity index is 454. The minimum Gasteiger partial charge on any atom is -0.313 e. The Morgan fingerprint density at radius 3 is 2.41 bits per heavy atom. The highest BCUT2D eigenvalue weighted by Gasteiger charge is 2.44. The van der Waals surface area contributed by atoms with E-state index in [1.54, 1.807) is 0 Å². The van der Waals surface area contributed by atoms with E-state index >= 15 is 0 Å². The van der Waals surface area contributed by atoms with Gasteiger partial charge in [-0.2, -0.15) is 0 Å². The number of benzene rings is 1. The van der Waals surface area contributed by atoms with E-state index in [-0.39, 0.29) is 23.8 Å². The van der Waals surface area contributed by atoms with Crippen LogP contribution in [0.4, 0.5) is 0 Å². The molecule has 0 radical (unpaired) electrons. The Morgan fingerprint density at radius 2 is 1.82 bits per heavy atom. The summed E-state index contributed by atoms with van der Waals surface area (Å²) in [5.74, 6) is -0.340. The zero-order valence-electron chi connectivity index (χ0n) is 9.43. The molecule has 0 bridgehead atoms. The van der Waals surface area contributed by atoms with Gasteiger partial charge >= 0.3 is 0 Å². The summed E-state index contributed by atoms with van der Waals surface area (Å²) in [7, 11) is 0. The van der Waals surface area contributed by atoms with E-state index in [1.807, 2.05) is 30.3 Å². The molecule has 1 atom stereocenters. The number of hydrogen-bond acceptors (Lipinski definition) is 3. The van der Waals surface area contributed by atoms with Crippen molar-refractivity contribution < 1.29 is 9.59 Å². The second-order valence-corrected chi connectivity index (χ2v) is 4.58. The highest BCUT2D eigenvalue weighted by molar-refractivity contribution is 6.06. The fourth-order valence-corrected chi connectivity index (χ4v) is 2.44. The van der Waals surface area contributed by atoms with Gasteiger partial charge in [0, 0.05) is 19.5 Å². The molecule has 0 aromatic heterocycles. The van der Waals surface area contributed by atoms with Crippen LogP contribution in [-0.2, 0) is 9.59 Å². The molecule has 0 saturated carbocycles. The van der Waals surface area contributed by atoms with Crippen molar-refractivity contribution in [1.29, 1.82) is 0 Å². The van der Waals surface area contributed by atoms with Crippen LogP contribution in [0.3, 0.4) is 0 Å². The predicted molar refractivity (Wildman–Crippen MR) is 62.3 cm³/mol. The molecule has 88 valence electrons. The zero-order chi connectivity index (χ0) is 11.8. The SMILES string of the molecule is O=C1CC(c2ccccc2)C(=O)N1C1CNC1. The summed E-state index contributed by atoms with van der Waals surface area (Å²) in [6.45, 7) is 1.47. The van der Waals surface area contributed by atoms with Crippen LogP contribution in [0.5, 0.6) is 0 Å². The fourth-order valence-electron chi connectivity index (χ4n) is 2.44. The lowest BCUT2D eigenvalue weighted by molar-refractivity contribution is -0.142.